The molecule has 3 aromatic rings. The molecule has 8 heteroatoms. The summed E-state index contributed by atoms with van der Waals surface area (Å²) in [5.41, 5.74) is 9.75. The van der Waals surface area contributed by atoms with Gasteiger partial charge in [-0.25, -0.2) is 0 Å². The van der Waals surface area contributed by atoms with Crippen molar-refractivity contribution in [1.82, 2.24) is 20.4 Å². The number of benzene rings is 1. The first-order valence-corrected chi connectivity index (χ1v) is 11.4. The number of carbonyl (C=O) groups excluding carboxylic acids is 2. The number of nitrogens with two attached hydrogens (primary N) is 1. The van der Waals surface area contributed by atoms with Crippen LogP contribution in [0.25, 0.3) is 10.2 Å². The second-order valence-corrected chi connectivity index (χ2v) is 9.54. The molecule has 3 N–H and O–H groups in total. The Labute approximate surface area is 184 Å². The minimum Gasteiger partial charge on any atom is -0.397 e. The molecule has 3 heterocycles. The predicted molar refractivity (Wildman–Crippen MR) is 121 cm³/mol. The molecule has 0 spiro atoms. The summed E-state index contributed by atoms with van der Waals surface area (Å²) in [4.78, 5) is 28.9. The fraction of sp³-hybridized carbons (Fsp3) is 0.391. The molecular formula is C23H25N5O2S. The van der Waals surface area contributed by atoms with Gasteiger partial charge >= 0.3 is 0 Å². The van der Waals surface area contributed by atoms with Crippen LogP contribution >= 0.6 is 11.3 Å². The average molecular weight is 436 g/mol. The Kier molecular flexibility index (Phi) is 4.89. The first-order chi connectivity index (χ1) is 14.9. The van der Waals surface area contributed by atoms with Crippen LogP contribution in [0.2, 0.25) is 0 Å². The Balaban J connectivity index is 1.23. The maximum Gasteiger partial charge on any atom is 0.263 e. The molecule has 0 bridgehead atoms. The van der Waals surface area contributed by atoms with Gasteiger partial charge in [0.15, 0.2) is 0 Å². The number of likely N-dealkylation sites (tertiary alicyclic amines) is 1. The number of hydrogen-bond donors (Lipinski definition) is 2. The first-order valence-electron chi connectivity index (χ1n) is 10.6. The molecule has 2 aliphatic rings. The highest BCUT2D eigenvalue weighted by Crippen LogP contribution is 2.48. The number of thiophene rings is 1. The molecule has 2 aromatic heterocycles. The third-order valence-electron chi connectivity index (χ3n) is 6.51. The minimum atomic E-state index is -0.203. The van der Waals surface area contributed by atoms with E-state index in [1.54, 1.807) is 0 Å². The van der Waals surface area contributed by atoms with Gasteiger partial charge in [-0.05, 0) is 43.7 Å². The molecule has 1 saturated heterocycles. The van der Waals surface area contributed by atoms with Crippen LogP contribution in [0.3, 0.4) is 0 Å². The Morgan fingerprint density at radius 1 is 1.19 bits per heavy atom. The van der Waals surface area contributed by atoms with Gasteiger partial charge in [0.25, 0.3) is 5.91 Å². The van der Waals surface area contributed by atoms with Gasteiger partial charge in [-0.15, -0.1) is 16.4 Å². The van der Waals surface area contributed by atoms with Crippen molar-refractivity contribution in [2.45, 2.75) is 38.6 Å². The maximum absolute atomic E-state index is 12.9. The van der Waals surface area contributed by atoms with E-state index < -0.39 is 0 Å². The Hall–Kier alpha value is -3.00. The molecule has 1 saturated carbocycles. The quantitative estimate of drug-likeness (QED) is 0.656. The minimum absolute atomic E-state index is 0.0658. The van der Waals surface area contributed by atoms with Crippen LogP contribution < -0.4 is 11.1 Å². The normalized spacial score (nSPS) is 22.6. The molecule has 7 nitrogen and oxygen atoms in total. The van der Waals surface area contributed by atoms with Gasteiger partial charge in [0, 0.05) is 30.4 Å². The van der Waals surface area contributed by atoms with E-state index in [4.69, 9.17) is 5.73 Å². The third kappa shape index (κ3) is 3.54. The number of anilines is 1. The van der Waals surface area contributed by atoms with Crippen molar-refractivity contribution in [3.63, 3.8) is 0 Å². The van der Waals surface area contributed by atoms with E-state index in [0.29, 0.717) is 34.4 Å². The number of carbonyl (C=O) groups is 2. The highest BCUT2D eigenvalue weighted by Gasteiger charge is 2.46. The van der Waals surface area contributed by atoms with Gasteiger partial charge in [0.1, 0.15) is 9.71 Å². The Bertz CT molecular complexity index is 1180. The topological polar surface area (TPSA) is 101 Å². The molecule has 0 radical (unpaired) electrons. The molecule has 31 heavy (non-hydrogen) atoms. The first kappa shape index (κ1) is 19.9. The monoisotopic (exact) mass is 435 g/mol. The van der Waals surface area contributed by atoms with Crippen molar-refractivity contribution in [1.29, 1.82) is 0 Å². The molecule has 2 fully saturated rings. The molecule has 3 unspecified atom stereocenters. The van der Waals surface area contributed by atoms with Crippen LogP contribution in [0.5, 0.6) is 0 Å². The van der Waals surface area contributed by atoms with Crippen molar-refractivity contribution >= 4 is 39.1 Å². The maximum atomic E-state index is 12.9. The van der Waals surface area contributed by atoms with Crippen molar-refractivity contribution < 1.29 is 9.59 Å². The number of amides is 2. The van der Waals surface area contributed by atoms with Gasteiger partial charge in [0.2, 0.25) is 5.91 Å². The number of nitrogens with one attached hydrogen (secondary N) is 1. The predicted octanol–water partition coefficient (Wildman–Crippen LogP) is 3.02. The molecule has 2 amide bonds. The lowest BCUT2D eigenvalue weighted by Gasteiger charge is -2.17. The molecule has 3 atom stereocenters. The second kappa shape index (κ2) is 7.60. The lowest BCUT2D eigenvalue weighted by atomic mass is 10.1. The van der Waals surface area contributed by atoms with E-state index in [1.165, 1.54) is 16.9 Å². The lowest BCUT2D eigenvalue weighted by molar-refractivity contribution is -0.131. The fourth-order valence-corrected chi connectivity index (χ4v) is 5.51. The van der Waals surface area contributed by atoms with Gasteiger partial charge in [-0.1, -0.05) is 30.3 Å². The largest absolute Gasteiger partial charge is 0.397 e. The van der Waals surface area contributed by atoms with Gasteiger partial charge in [-0.3, -0.25) is 9.59 Å². The zero-order valence-electron chi connectivity index (χ0n) is 17.6. The fourth-order valence-electron chi connectivity index (χ4n) is 4.51. The molecule has 5 rings (SSSR count). The number of fused-ring (bicyclic) bond motifs is 1. The second-order valence-electron chi connectivity index (χ2n) is 8.54. The smallest absolute Gasteiger partial charge is 0.263 e. The third-order valence-corrected chi connectivity index (χ3v) is 7.60. The van der Waals surface area contributed by atoms with Gasteiger partial charge in [-0.2, -0.15) is 5.10 Å². The summed E-state index contributed by atoms with van der Waals surface area (Å²) in [7, 11) is 0. The summed E-state index contributed by atoms with van der Waals surface area (Å²) >= 11 is 1.27. The van der Waals surface area contributed by atoms with E-state index in [-0.39, 0.29) is 23.8 Å². The molecule has 1 aromatic carbocycles. The summed E-state index contributed by atoms with van der Waals surface area (Å²) < 4.78 is 0. The van der Waals surface area contributed by atoms with E-state index in [2.05, 4.69) is 27.6 Å². The summed E-state index contributed by atoms with van der Waals surface area (Å²) in [6.45, 7) is 5.04. The van der Waals surface area contributed by atoms with E-state index >= 15 is 0 Å². The van der Waals surface area contributed by atoms with Crippen LogP contribution in [0, 0.1) is 19.8 Å². The Morgan fingerprint density at radius 3 is 2.74 bits per heavy atom. The van der Waals surface area contributed by atoms with Gasteiger partial charge < -0.3 is 16.0 Å². The van der Waals surface area contributed by atoms with Crippen LogP contribution in [-0.4, -0.2) is 46.0 Å². The van der Waals surface area contributed by atoms with Crippen LogP contribution in [0.1, 0.15) is 45.3 Å². The number of rotatable bonds is 4. The number of nitrogen functional groups attached to an aromatic ring is 1. The van der Waals surface area contributed by atoms with Gasteiger partial charge in [0.05, 0.1) is 11.4 Å². The molecular weight excluding hydrogens is 410 g/mol. The van der Waals surface area contributed by atoms with Crippen molar-refractivity contribution in [2.24, 2.45) is 5.92 Å². The zero-order chi connectivity index (χ0) is 21.7. The van der Waals surface area contributed by atoms with E-state index in [9.17, 15) is 9.59 Å². The summed E-state index contributed by atoms with van der Waals surface area (Å²) in [6, 6.07) is 10.1. The SMILES string of the molecule is Cc1nnc2sc(C(=O)NC3CCN(C(=O)C4CC4c4ccccc4)C3)c(N)c2c1C. The van der Waals surface area contributed by atoms with Crippen molar-refractivity contribution in [3.05, 3.63) is 52.0 Å². The Morgan fingerprint density at radius 2 is 1.97 bits per heavy atom. The molecule has 1 aliphatic heterocycles. The standard InChI is InChI=1S/C23H25N5O2S/c1-12-13(2)26-27-22-18(12)19(24)20(31-22)21(29)25-15-8-9-28(11-15)23(30)17-10-16(17)14-6-4-3-5-7-14/h3-7,15-17H,8-11,24H2,1-2H3,(H,25,29). The van der Waals surface area contributed by atoms with Crippen LogP contribution in [-0.2, 0) is 4.79 Å². The summed E-state index contributed by atoms with van der Waals surface area (Å²) in [5.74, 6) is 0.396. The number of nitrogens with zero attached hydrogens (tertiary/aromatic N) is 3. The number of hydrogen-bond acceptors (Lipinski definition) is 6. The lowest BCUT2D eigenvalue weighted by Crippen LogP contribution is -2.38. The number of aryl methyl sites for hydroxylation is 2. The van der Waals surface area contributed by atoms with Crippen molar-refractivity contribution in [3.8, 4) is 0 Å². The highest BCUT2D eigenvalue weighted by molar-refractivity contribution is 7.21. The molecule has 160 valence electrons. The van der Waals surface area contributed by atoms with Crippen molar-refractivity contribution in [2.75, 3.05) is 18.8 Å². The zero-order valence-corrected chi connectivity index (χ0v) is 18.4. The van der Waals surface area contributed by atoms with Crippen LogP contribution in [0.4, 0.5) is 5.69 Å². The van der Waals surface area contributed by atoms with Crippen LogP contribution in [0.15, 0.2) is 30.3 Å². The number of aromatic nitrogens is 2. The summed E-state index contributed by atoms with van der Waals surface area (Å²) in [5, 5.41) is 12.2. The van der Waals surface area contributed by atoms with E-state index in [0.717, 1.165) is 29.5 Å². The summed E-state index contributed by atoms with van der Waals surface area (Å²) in [6.07, 6.45) is 1.66. The van der Waals surface area contributed by atoms with E-state index in [1.807, 2.05) is 36.9 Å². The highest BCUT2D eigenvalue weighted by atomic mass is 32.1. The molecule has 1 aliphatic carbocycles. The average Bonchev–Trinajstić information content (AvgIpc) is 3.32.